The van der Waals surface area contributed by atoms with Crippen molar-refractivity contribution in [2.45, 2.75) is 35.5 Å². The van der Waals surface area contributed by atoms with Crippen LogP contribution in [0, 0.1) is 12.3 Å². The number of imidazole rings is 1. The Labute approximate surface area is 182 Å². The summed E-state index contributed by atoms with van der Waals surface area (Å²) in [5, 5.41) is 0.499. The summed E-state index contributed by atoms with van der Waals surface area (Å²) in [4.78, 5) is 13.5. The number of aromatic nitrogens is 4. The summed E-state index contributed by atoms with van der Waals surface area (Å²) in [7, 11) is -3.44. The Hall–Kier alpha value is -3.01. The van der Waals surface area contributed by atoms with E-state index in [1.165, 1.54) is 18.1 Å². The fourth-order valence-corrected chi connectivity index (χ4v) is 5.46. The summed E-state index contributed by atoms with van der Waals surface area (Å²) in [6, 6.07) is 3.56. The lowest BCUT2D eigenvalue weighted by Gasteiger charge is -2.11. The van der Waals surface area contributed by atoms with Crippen LogP contribution in [-0.4, -0.2) is 46.5 Å². The van der Waals surface area contributed by atoms with E-state index in [2.05, 4.69) is 25.6 Å². The summed E-state index contributed by atoms with van der Waals surface area (Å²) >= 11 is 1.28. The Kier molecular flexibility index (Phi) is 4.88. The molecular formula is C19H18N6O4S2. The topological polar surface area (TPSA) is 134 Å². The van der Waals surface area contributed by atoms with Crippen LogP contribution in [0.15, 0.2) is 28.5 Å². The third-order valence-corrected chi connectivity index (χ3v) is 7.33. The van der Waals surface area contributed by atoms with Gasteiger partial charge in [-0.3, -0.25) is 0 Å². The summed E-state index contributed by atoms with van der Waals surface area (Å²) in [5.74, 6) is 3.91. The Balaban J connectivity index is 1.52. The molecule has 1 aliphatic heterocycles. The van der Waals surface area contributed by atoms with Crippen LogP contribution < -0.4 is 19.9 Å². The molecule has 31 heavy (non-hydrogen) atoms. The monoisotopic (exact) mass is 458 g/mol. The Bertz CT molecular complexity index is 1330. The summed E-state index contributed by atoms with van der Waals surface area (Å²) in [6.07, 6.45) is 8.76. The molecule has 3 aromatic rings. The first kappa shape index (κ1) is 19.9. The van der Waals surface area contributed by atoms with E-state index in [-0.39, 0.29) is 31.0 Å². The highest BCUT2D eigenvalue weighted by Crippen LogP contribution is 2.41. The van der Waals surface area contributed by atoms with Crippen molar-refractivity contribution < 1.29 is 17.9 Å². The zero-order valence-electron chi connectivity index (χ0n) is 16.2. The van der Waals surface area contributed by atoms with Crippen molar-refractivity contribution in [3.63, 3.8) is 0 Å². The molecule has 1 aromatic carbocycles. The van der Waals surface area contributed by atoms with Crippen molar-refractivity contribution in [1.82, 2.24) is 24.2 Å². The van der Waals surface area contributed by atoms with Gasteiger partial charge in [0.1, 0.15) is 6.33 Å². The molecule has 0 spiro atoms. The molecule has 3 heterocycles. The molecule has 0 unspecified atom stereocenters. The average Bonchev–Trinajstić information content (AvgIpc) is 3.29. The molecule has 3 N–H and O–H groups in total. The first-order valence-electron chi connectivity index (χ1n) is 9.48. The Morgan fingerprint density at radius 1 is 1.29 bits per heavy atom. The fourth-order valence-electron chi connectivity index (χ4n) is 3.16. The molecule has 5 rings (SSSR count). The van der Waals surface area contributed by atoms with E-state index in [4.69, 9.17) is 21.6 Å². The minimum atomic E-state index is -3.44. The lowest BCUT2D eigenvalue weighted by atomic mass is 10.2. The second-order valence-corrected chi connectivity index (χ2v) is 10.0. The predicted molar refractivity (Wildman–Crippen MR) is 114 cm³/mol. The molecule has 0 atom stereocenters. The number of rotatable bonds is 7. The third kappa shape index (κ3) is 3.99. The SMILES string of the molecule is C#Cc1cc2c(cc1Sc1nc3c(N)ncnc3n1CCS(=O)(=O)NC1CC1)OCO2. The standard InChI is InChI=1S/C19H18N6O4S2/c1-2-11-7-13-14(29-10-28-13)8-15(11)30-19-23-16-17(20)21-9-22-18(16)25(19)5-6-31(26,27)24-12-3-4-12/h1,7-9,12,24H,3-6,10H2,(H2,20,21,22). The first-order valence-corrected chi connectivity index (χ1v) is 12.0. The molecule has 1 saturated carbocycles. The maximum absolute atomic E-state index is 12.4. The van der Waals surface area contributed by atoms with Crippen LogP contribution in [0.2, 0.25) is 0 Å². The highest BCUT2D eigenvalue weighted by molar-refractivity contribution is 7.99. The second kappa shape index (κ2) is 7.60. The van der Waals surface area contributed by atoms with Crippen LogP contribution in [-0.2, 0) is 16.6 Å². The number of aryl methyl sites for hydroxylation is 1. The van der Waals surface area contributed by atoms with Gasteiger partial charge in [0.25, 0.3) is 0 Å². The van der Waals surface area contributed by atoms with Crippen molar-refractivity contribution >= 4 is 38.8 Å². The number of nitrogens with two attached hydrogens (primary N) is 1. The highest BCUT2D eigenvalue weighted by Gasteiger charge is 2.27. The number of ether oxygens (including phenoxy) is 2. The van der Waals surface area contributed by atoms with Crippen molar-refractivity contribution in [1.29, 1.82) is 0 Å². The smallest absolute Gasteiger partial charge is 0.231 e. The number of nitrogens with zero attached hydrogens (tertiary/aromatic N) is 4. The molecule has 10 nitrogen and oxygen atoms in total. The van der Waals surface area contributed by atoms with E-state index in [1.54, 1.807) is 16.7 Å². The van der Waals surface area contributed by atoms with Crippen LogP contribution >= 0.6 is 11.8 Å². The van der Waals surface area contributed by atoms with Crippen LogP contribution in [0.5, 0.6) is 11.5 Å². The zero-order valence-corrected chi connectivity index (χ0v) is 17.9. The maximum Gasteiger partial charge on any atom is 0.231 e. The molecule has 160 valence electrons. The summed E-state index contributed by atoms with van der Waals surface area (Å²) in [5.41, 5.74) is 7.45. The summed E-state index contributed by atoms with van der Waals surface area (Å²) < 4.78 is 40.1. The first-order chi connectivity index (χ1) is 14.9. The van der Waals surface area contributed by atoms with Gasteiger partial charge in [-0.15, -0.1) is 6.42 Å². The van der Waals surface area contributed by atoms with Crippen LogP contribution in [0.3, 0.4) is 0 Å². The number of fused-ring (bicyclic) bond motifs is 2. The molecule has 1 fully saturated rings. The molecule has 2 aliphatic rings. The van der Waals surface area contributed by atoms with Crippen LogP contribution in [0.4, 0.5) is 5.82 Å². The van der Waals surface area contributed by atoms with E-state index in [0.717, 1.165) is 12.8 Å². The summed E-state index contributed by atoms with van der Waals surface area (Å²) in [6.45, 7) is 0.275. The molecule has 2 aromatic heterocycles. The van der Waals surface area contributed by atoms with E-state index in [1.807, 2.05) is 0 Å². The van der Waals surface area contributed by atoms with Crippen LogP contribution in [0.25, 0.3) is 11.2 Å². The van der Waals surface area contributed by atoms with Gasteiger partial charge in [0.15, 0.2) is 33.6 Å². The van der Waals surface area contributed by atoms with Gasteiger partial charge in [0, 0.05) is 29.1 Å². The second-order valence-electron chi connectivity index (χ2n) is 7.14. The minimum absolute atomic E-state index is 0.0446. The van der Waals surface area contributed by atoms with Crippen molar-refractivity contribution in [2.24, 2.45) is 0 Å². The van der Waals surface area contributed by atoms with Crippen molar-refractivity contribution in [2.75, 3.05) is 18.3 Å². The normalized spacial score (nSPS) is 15.3. The molecule has 0 radical (unpaired) electrons. The Morgan fingerprint density at radius 3 is 2.81 bits per heavy atom. The van der Waals surface area contributed by atoms with Crippen LogP contribution in [0.1, 0.15) is 18.4 Å². The molecule has 0 amide bonds. The number of hydrogen-bond donors (Lipinski definition) is 2. The number of anilines is 1. The van der Waals surface area contributed by atoms with Gasteiger partial charge >= 0.3 is 0 Å². The van der Waals surface area contributed by atoms with E-state index in [0.29, 0.717) is 38.3 Å². The predicted octanol–water partition coefficient (Wildman–Crippen LogP) is 1.35. The number of sulfonamides is 1. The van der Waals surface area contributed by atoms with Gasteiger partial charge in [-0.2, -0.15) is 0 Å². The molecule has 1 aliphatic carbocycles. The van der Waals surface area contributed by atoms with Gasteiger partial charge in [-0.05, 0) is 18.9 Å². The number of benzene rings is 1. The van der Waals surface area contributed by atoms with E-state index >= 15 is 0 Å². The van der Waals surface area contributed by atoms with E-state index in [9.17, 15) is 8.42 Å². The van der Waals surface area contributed by atoms with Crippen molar-refractivity contribution in [3.8, 4) is 23.8 Å². The average molecular weight is 459 g/mol. The quantitative estimate of drug-likeness (QED) is 0.503. The fraction of sp³-hybridized carbons (Fsp3) is 0.316. The molecule has 0 saturated heterocycles. The lowest BCUT2D eigenvalue weighted by molar-refractivity contribution is 0.174. The Morgan fingerprint density at radius 2 is 2.06 bits per heavy atom. The zero-order chi connectivity index (χ0) is 21.6. The molecular weight excluding hydrogens is 440 g/mol. The number of nitrogen functional groups attached to an aromatic ring is 1. The lowest BCUT2D eigenvalue weighted by Crippen LogP contribution is -2.30. The molecule has 12 heteroatoms. The third-order valence-electron chi connectivity index (χ3n) is 4.86. The van der Waals surface area contributed by atoms with E-state index < -0.39 is 10.0 Å². The maximum atomic E-state index is 12.4. The minimum Gasteiger partial charge on any atom is -0.454 e. The number of nitrogens with one attached hydrogen (secondary N) is 1. The molecule has 0 bridgehead atoms. The van der Waals surface area contributed by atoms with Crippen molar-refractivity contribution in [3.05, 3.63) is 24.0 Å². The number of terminal acetylenes is 1. The van der Waals surface area contributed by atoms with Gasteiger partial charge in [-0.1, -0.05) is 17.7 Å². The van der Waals surface area contributed by atoms with Gasteiger partial charge < -0.3 is 19.8 Å². The largest absolute Gasteiger partial charge is 0.454 e. The van der Waals surface area contributed by atoms with Gasteiger partial charge in [-0.25, -0.2) is 28.1 Å². The van der Waals surface area contributed by atoms with Gasteiger partial charge in [0.2, 0.25) is 16.8 Å². The highest BCUT2D eigenvalue weighted by atomic mass is 32.2. The van der Waals surface area contributed by atoms with Gasteiger partial charge in [0.05, 0.1) is 5.75 Å². The number of hydrogen-bond acceptors (Lipinski definition) is 9.